The summed E-state index contributed by atoms with van der Waals surface area (Å²) in [5.74, 6) is -0.906. The number of anilines is 1. The van der Waals surface area contributed by atoms with Gasteiger partial charge in [0.15, 0.2) is 16.9 Å². The van der Waals surface area contributed by atoms with Crippen LogP contribution in [0.25, 0.3) is 0 Å². The number of hydrogen-bond donors (Lipinski definition) is 4. The zero-order valence-corrected chi connectivity index (χ0v) is 19.9. The van der Waals surface area contributed by atoms with E-state index in [9.17, 15) is 18.7 Å². The van der Waals surface area contributed by atoms with Crippen molar-refractivity contribution in [2.45, 2.75) is 30.3 Å². The predicted molar refractivity (Wildman–Crippen MR) is 127 cm³/mol. The second-order valence-electron chi connectivity index (χ2n) is 7.47. The highest BCUT2D eigenvalue weighted by Gasteiger charge is 2.28. The van der Waals surface area contributed by atoms with Crippen LogP contribution in [0.5, 0.6) is 0 Å². The summed E-state index contributed by atoms with van der Waals surface area (Å²) in [5.41, 5.74) is 2.64. The third kappa shape index (κ3) is 6.00. The number of nitrogens with zero attached hydrogens (tertiary/aromatic N) is 2. The molecule has 0 unspecified atom stereocenters. The summed E-state index contributed by atoms with van der Waals surface area (Å²) < 4.78 is 26.0. The number of hydrogen-bond acceptors (Lipinski definition) is 10. The number of thiazole rings is 1. The molecule has 0 radical (unpaired) electrons. The van der Waals surface area contributed by atoms with Crippen molar-refractivity contribution in [1.29, 1.82) is 0 Å². The molecule has 1 aliphatic heterocycles. The molecular formula is C21H24N4O7S2. The molecule has 2 heterocycles. The summed E-state index contributed by atoms with van der Waals surface area (Å²) in [6.07, 6.45) is 4.29. The highest BCUT2D eigenvalue weighted by Crippen LogP contribution is 2.61. The van der Waals surface area contributed by atoms with Crippen molar-refractivity contribution in [3.05, 3.63) is 51.9 Å². The first kappa shape index (κ1) is 24.3. The number of allylic oxidation sites excluding steroid dienone is 2. The number of hydroxylamine groups is 1. The molecule has 34 heavy (non-hydrogen) atoms. The minimum absolute atomic E-state index is 0.00515. The van der Waals surface area contributed by atoms with Crippen LogP contribution in [0.3, 0.4) is 0 Å². The van der Waals surface area contributed by atoms with Crippen LogP contribution in [-0.2, 0) is 30.4 Å². The van der Waals surface area contributed by atoms with E-state index in [1.54, 1.807) is 30.3 Å². The average Bonchev–Trinajstić information content (AvgIpc) is 3.40. The van der Waals surface area contributed by atoms with Gasteiger partial charge in [-0.05, 0) is 12.1 Å². The quantitative estimate of drug-likeness (QED) is 0.282. The Kier molecular flexibility index (Phi) is 7.60. The lowest BCUT2D eigenvalue weighted by Crippen LogP contribution is -2.25. The molecule has 1 aromatic heterocycles. The van der Waals surface area contributed by atoms with Gasteiger partial charge >= 0.3 is 0 Å². The monoisotopic (exact) mass is 508 g/mol. The summed E-state index contributed by atoms with van der Waals surface area (Å²) in [6.45, 7) is 0.940. The van der Waals surface area contributed by atoms with E-state index in [1.807, 2.05) is 0 Å². The maximum absolute atomic E-state index is 13.1. The second-order valence-corrected chi connectivity index (χ2v) is 10.7. The third-order valence-electron chi connectivity index (χ3n) is 4.91. The number of nitrogens with one attached hydrogen (secondary N) is 2. The maximum Gasteiger partial charge on any atom is 0.280 e. The SMILES string of the molecule is CONC(=O)Cc1cnc(NC(=O)C(=NO[C@@H]2CCOC2)c2ccc(S(O)(O)C3=CC3)cc2)s1. The predicted octanol–water partition coefficient (Wildman–Crippen LogP) is 2.91. The molecule has 182 valence electrons. The number of amides is 2. The van der Waals surface area contributed by atoms with Gasteiger partial charge < -0.3 is 9.57 Å². The van der Waals surface area contributed by atoms with Gasteiger partial charge in [-0.1, -0.05) is 23.4 Å². The van der Waals surface area contributed by atoms with Gasteiger partial charge in [0, 0.05) is 34.4 Å². The Balaban J connectivity index is 1.51. The second kappa shape index (κ2) is 10.6. The van der Waals surface area contributed by atoms with Crippen molar-refractivity contribution in [1.82, 2.24) is 10.5 Å². The van der Waals surface area contributed by atoms with Crippen LogP contribution in [0.4, 0.5) is 5.13 Å². The number of benzene rings is 1. The van der Waals surface area contributed by atoms with Gasteiger partial charge in [-0.3, -0.25) is 28.8 Å². The van der Waals surface area contributed by atoms with E-state index in [-0.39, 0.29) is 29.3 Å². The van der Waals surface area contributed by atoms with E-state index in [1.165, 1.54) is 13.3 Å². The topological polar surface area (TPSA) is 152 Å². The summed E-state index contributed by atoms with van der Waals surface area (Å²) in [5, 5.41) is 7.04. The molecule has 1 aromatic carbocycles. The van der Waals surface area contributed by atoms with Crippen LogP contribution in [0.15, 0.2) is 51.5 Å². The Morgan fingerprint density at radius 2 is 2.09 bits per heavy atom. The fourth-order valence-electron chi connectivity index (χ4n) is 3.09. The lowest BCUT2D eigenvalue weighted by atomic mass is 10.1. The van der Waals surface area contributed by atoms with Crippen molar-refractivity contribution < 1.29 is 33.1 Å². The van der Waals surface area contributed by atoms with Crippen LogP contribution in [0.1, 0.15) is 23.3 Å². The van der Waals surface area contributed by atoms with E-state index < -0.39 is 16.5 Å². The van der Waals surface area contributed by atoms with Gasteiger partial charge in [0.1, 0.15) is 0 Å². The highest BCUT2D eigenvalue weighted by molar-refractivity contribution is 8.27. The molecule has 2 aliphatic rings. The van der Waals surface area contributed by atoms with E-state index in [4.69, 9.17) is 9.57 Å². The van der Waals surface area contributed by atoms with Crippen molar-refractivity contribution >= 4 is 44.6 Å². The first-order valence-corrected chi connectivity index (χ1v) is 12.7. The fraction of sp³-hybridized carbons (Fsp3) is 0.333. The van der Waals surface area contributed by atoms with Crippen molar-refractivity contribution in [3.63, 3.8) is 0 Å². The number of oxime groups is 1. The molecule has 11 nitrogen and oxygen atoms in total. The zero-order chi connectivity index (χ0) is 24.1. The molecule has 13 heteroatoms. The smallest absolute Gasteiger partial charge is 0.280 e. The van der Waals surface area contributed by atoms with Gasteiger partial charge in [-0.15, -0.1) is 21.9 Å². The van der Waals surface area contributed by atoms with Crippen molar-refractivity contribution in [3.8, 4) is 0 Å². The molecule has 0 spiro atoms. The molecule has 1 fully saturated rings. The lowest BCUT2D eigenvalue weighted by molar-refractivity contribution is -0.130. The van der Waals surface area contributed by atoms with Gasteiger partial charge in [-0.2, -0.15) is 0 Å². The van der Waals surface area contributed by atoms with Crippen molar-refractivity contribution in [2.75, 3.05) is 25.6 Å². The van der Waals surface area contributed by atoms with Crippen LogP contribution in [0.2, 0.25) is 0 Å². The number of aromatic nitrogens is 1. The van der Waals surface area contributed by atoms with Gasteiger partial charge in [0.2, 0.25) is 5.91 Å². The molecule has 4 rings (SSSR count). The Morgan fingerprint density at radius 3 is 2.74 bits per heavy atom. The van der Waals surface area contributed by atoms with E-state index in [0.717, 1.165) is 11.3 Å². The normalized spacial score (nSPS) is 18.3. The van der Waals surface area contributed by atoms with Crippen molar-refractivity contribution in [2.24, 2.45) is 5.16 Å². The lowest BCUT2D eigenvalue weighted by Gasteiger charge is -2.30. The Hall–Kier alpha value is -2.81. The third-order valence-corrected chi connectivity index (χ3v) is 7.82. The van der Waals surface area contributed by atoms with E-state index in [2.05, 4.69) is 25.8 Å². The van der Waals surface area contributed by atoms with Gasteiger partial charge in [0.25, 0.3) is 5.91 Å². The largest absolute Gasteiger partial charge is 0.389 e. The molecule has 2 aromatic rings. The molecule has 1 atom stereocenters. The first-order valence-electron chi connectivity index (χ1n) is 10.3. The number of rotatable bonds is 10. The molecule has 1 saturated heterocycles. The highest BCUT2D eigenvalue weighted by atomic mass is 32.3. The summed E-state index contributed by atoms with van der Waals surface area (Å²) in [6, 6.07) is 6.28. The minimum atomic E-state index is -2.99. The summed E-state index contributed by atoms with van der Waals surface area (Å²) >= 11 is 1.14. The standard InChI is InChI=1S/C21H24N4O7S2/c1-30-24-18(26)10-15-11-22-21(33-15)23-20(27)19(25-32-14-8-9-31-12-14)13-2-4-16(5-3-13)34(28,29)17-6-7-17/h2-6,11,14,28-29H,7-10,12H2,1H3,(H,24,26)(H,22,23,27)/t14-/m1/s1. The molecule has 0 bridgehead atoms. The van der Waals surface area contributed by atoms with E-state index >= 15 is 0 Å². The molecule has 1 aliphatic carbocycles. The molecule has 2 amide bonds. The fourth-order valence-corrected chi connectivity index (χ4v) is 5.26. The Bertz CT molecular complexity index is 1110. The Morgan fingerprint density at radius 1 is 1.32 bits per heavy atom. The van der Waals surface area contributed by atoms with Gasteiger partial charge in [-0.25, -0.2) is 10.5 Å². The van der Waals surface area contributed by atoms with E-state index in [0.29, 0.717) is 46.3 Å². The summed E-state index contributed by atoms with van der Waals surface area (Å²) in [7, 11) is -1.65. The van der Waals surface area contributed by atoms with Crippen LogP contribution in [0, 0.1) is 0 Å². The zero-order valence-electron chi connectivity index (χ0n) is 18.2. The molecule has 4 N–H and O–H groups in total. The number of carbonyl (C=O) groups excluding carboxylic acids is 2. The maximum atomic E-state index is 13.1. The molecule has 0 saturated carbocycles. The van der Waals surface area contributed by atoms with Crippen LogP contribution in [-0.4, -0.2) is 58.0 Å². The first-order chi connectivity index (χ1) is 16.4. The van der Waals surface area contributed by atoms with Gasteiger partial charge in [0.05, 0.1) is 31.6 Å². The Labute approximate surface area is 201 Å². The number of carbonyl (C=O) groups is 2. The minimum Gasteiger partial charge on any atom is -0.389 e. The average molecular weight is 509 g/mol. The van der Waals surface area contributed by atoms with Crippen LogP contribution >= 0.6 is 21.9 Å². The summed E-state index contributed by atoms with van der Waals surface area (Å²) in [4.78, 5) is 40.6. The van der Waals surface area contributed by atoms with Crippen LogP contribution < -0.4 is 10.8 Å². The number of ether oxygens (including phenoxy) is 1. The molecular weight excluding hydrogens is 484 g/mol.